The molecular formula is C20H17N3O5S2. The Bertz CT molecular complexity index is 1300. The number of pyridine rings is 1. The van der Waals surface area contributed by atoms with Crippen molar-refractivity contribution in [1.29, 1.82) is 0 Å². The topological polar surface area (TPSA) is 128 Å². The zero-order chi connectivity index (χ0) is 21.5. The number of aromatic nitrogens is 1. The van der Waals surface area contributed by atoms with Crippen LogP contribution >= 0.6 is 11.3 Å². The fraction of sp³-hybridized carbons (Fsp3) is 0.150. The Morgan fingerprint density at radius 3 is 2.70 bits per heavy atom. The van der Waals surface area contributed by atoms with Crippen LogP contribution in [-0.4, -0.2) is 38.1 Å². The van der Waals surface area contributed by atoms with Gasteiger partial charge >= 0.3 is 0 Å². The number of hydrogen-bond acceptors (Lipinski definition) is 7. The molecule has 1 atom stereocenters. The van der Waals surface area contributed by atoms with E-state index in [-0.39, 0.29) is 23.1 Å². The summed E-state index contributed by atoms with van der Waals surface area (Å²) in [5.74, 6) is -1.91. The van der Waals surface area contributed by atoms with Gasteiger partial charge in [0.2, 0.25) is 5.88 Å². The van der Waals surface area contributed by atoms with Crippen LogP contribution in [0.4, 0.5) is 5.69 Å². The Kier molecular flexibility index (Phi) is 5.04. The molecule has 10 heteroatoms. The Morgan fingerprint density at radius 2 is 2.10 bits per heavy atom. The van der Waals surface area contributed by atoms with Crippen molar-refractivity contribution in [3.05, 3.63) is 63.2 Å². The standard InChI is InChI=1S/C20H17N3O5S2/c1-28-20-16(18(21)24)15(12-6-8-30(26,27)10-12)13-3-2-4-14(17(13)23-20)22-19(25)11-5-7-29-9-11/h2-9,12H,10H2,1H3,(H2,21,24)(H,22,25)/t12-/m0/s1. The van der Waals surface area contributed by atoms with Crippen LogP contribution in [0.15, 0.2) is 46.5 Å². The van der Waals surface area contributed by atoms with E-state index in [4.69, 9.17) is 10.5 Å². The number of sulfone groups is 1. The molecular weight excluding hydrogens is 426 g/mol. The zero-order valence-electron chi connectivity index (χ0n) is 15.8. The molecule has 0 saturated heterocycles. The van der Waals surface area contributed by atoms with Crippen molar-refractivity contribution in [2.24, 2.45) is 5.73 Å². The molecule has 8 nitrogen and oxygen atoms in total. The fourth-order valence-electron chi connectivity index (χ4n) is 3.50. The van der Waals surface area contributed by atoms with Gasteiger partial charge in [0.1, 0.15) is 5.56 Å². The van der Waals surface area contributed by atoms with Gasteiger partial charge in [0, 0.05) is 22.1 Å². The van der Waals surface area contributed by atoms with Crippen molar-refractivity contribution in [2.45, 2.75) is 5.92 Å². The zero-order valence-corrected chi connectivity index (χ0v) is 17.4. The SMILES string of the molecule is COc1nc2c(NC(=O)c3ccsc3)cccc2c([C@H]2C=CS(=O)(=O)C2)c1C(N)=O. The summed E-state index contributed by atoms with van der Waals surface area (Å²) in [5, 5.41) is 7.98. The molecule has 0 radical (unpaired) electrons. The fourth-order valence-corrected chi connectivity index (χ4v) is 5.46. The number of primary amides is 1. The number of nitrogens with zero attached hydrogens (tertiary/aromatic N) is 1. The monoisotopic (exact) mass is 443 g/mol. The third-order valence-corrected chi connectivity index (χ3v) is 6.87. The largest absolute Gasteiger partial charge is 0.480 e. The molecule has 1 aliphatic rings. The normalized spacial score (nSPS) is 17.2. The summed E-state index contributed by atoms with van der Waals surface area (Å²) in [5.41, 5.74) is 7.32. The molecule has 0 saturated carbocycles. The number of thiophene rings is 1. The Balaban J connectivity index is 1.94. The first kappa shape index (κ1) is 20.0. The number of amides is 2. The first-order chi connectivity index (χ1) is 14.3. The number of nitrogens with two attached hydrogens (primary N) is 1. The molecule has 2 aromatic heterocycles. The van der Waals surface area contributed by atoms with Gasteiger partial charge in [-0.05, 0) is 23.1 Å². The highest BCUT2D eigenvalue weighted by molar-refractivity contribution is 7.94. The van der Waals surface area contributed by atoms with Crippen molar-refractivity contribution >= 4 is 49.6 Å². The summed E-state index contributed by atoms with van der Waals surface area (Å²) in [4.78, 5) is 29.2. The minimum absolute atomic E-state index is 0.0260. The maximum Gasteiger partial charge on any atom is 0.256 e. The van der Waals surface area contributed by atoms with Crippen molar-refractivity contribution < 1.29 is 22.7 Å². The van der Waals surface area contributed by atoms with Crippen molar-refractivity contribution in [3.63, 3.8) is 0 Å². The lowest BCUT2D eigenvalue weighted by atomic mass is 9.91. The average Bonchev–Trinajstić information content (AvgIpc) is 3.36. The number of fused-ring (bicyclic) bond motifs is 1. The van der Waals surface area contributed by atoms with E-state index in [2.05, 4.69) is 10.3 Å². The smallest absolute Gasteiger partial charge is 0.256 e. The minimum Gasteiger partial charge on any atom is -0.480 e. The molecule has 0 aliphatic carbocycles. The van der Waals surface area contributed by atoms with Gasteiger partial charge < -0.3 is 15.8 Å². The number of nitrogens with one attached hydrogen (secondary N) is 1. The number of methoxy groups -OCH3 is 1. The average molecular weight is 444 g/mol. The molecule has 1 aliphatic heterocycles. The number of ether oxygens (including phenoxy) is 1. The molecule has 0 fully saturated rings. The molecule has 1 aromatic carbocycles. The van der Waals surface area contributed by atoms with Gasteiger partial charge in [0.25, 0.3) is 11.8 Å². The lowest BCUT2D eigenvalue weighted by Crippen LogP contribution is -2.20. The second-order valence-corrected chi connectivity index (χ2v) is 9.42. The molecule has 4 rings (SSSR count). The van der Waals surface area contributed by atoms with Crippen LogP contribution in [-0.2, 0) is 9.84 Å². The number of allylic oxidation sites excluding steroid dienone is 1. The second-order valence-electron chi connectivity index (χ2n) is 6.71. The molecule has 2 amide bonds. The Hall–Kier alpha value is -3.24. The maximum atomic E-state index is 12.5. The van der Waals surface area contributed by atoms with E-state index in [1.165, 1.54) is 24.5 Å². The van der Waals surface area contributed by atoms with Crippen molar-refractivity contribution in [3.8, 4) is 5.88 Å². The summed E-state index contributed by atoms with van der Waals surface area (Å²) in [6, 6.07) is 6.78. The predicted octanol–water partition coefficient (Wildman–Crippen LogP) is 2.68. The van der Waals surface area contributed by atoms with Crippen LogP contribution in [0.2, 0.25) is 0 Å². The molecule has 3 N–H and O–H groups in total. The highest BCUT2D eigenvalue weighted by Gasteiger charge is 2.31. The van der Waals surface area contributed by atoms with E-state index in [1.54, 1.807) is 35.0 Å². The highest BCUT2D eigenvalue weighted by atomic mass is 32.2. The molecule has 0 bridgehead atoms. The highest BCUT2D eigenvalue weighted by Crippen LogP contribution is 2.39. The predicted molar refractivity (Wildman–Crippen MR) is 115 cm³/mol. The second kappa shape index (κ2) is 7.54. The Labute approximate surface area is 176 Å². The first-order valence-corrected chi connectivity index (χ1v) is 11.5. The minimum atomic E-state index is -3.40. The summed E-state index contributed by atoms with van der Waals surface area (Å²) >= 11 is 1.40. The lowest BCUT2D eigenvalue weighted by molar-refractivity contribution is 0.0993. The van der Waals surface area contributed by atoms with Crippen molar-refractivity contribution in [1.82, 2.24) is 4.98 Å². The van der Waals surface area contributed by atoms with Gasteiger partial charge in [-0.15, -0.1) is 0 Å². The molecule has 3 heterocycles. The maximum absolute atomic E-state index is 12.5. The number of anilines is 1. The number of hydrogen-bond donors (Lipinski definition) is 2. The van der Waals surface area contributed by atoms with Gasteiger partial charge in [-0.25, -0.2) is 13.4 Å². The van der Waals surface area contributed by atoms with E-state index >= 15 is 0 Å². The van der Waals surface area contributed by atoms with Gasteiger partial charge in [-0.1, -0.05) is 18.2 Å². The number of carbonyl (C=O) groups is 2. The molecule has 3 aromatic rings. The summed E-state index contributed by atoms with van der Waals surface area (Å²) in [7, 11) is -2.05. The molecule has 154 valence electrons. The van der Waals surface area contributed by atoms with Crippen molar-refractivity contribution in [2.75, 3.05) is 18.2 Å². The van der Waals surface area contributed by atoms with E-state index in [9.17, 15) is 18.0 Å². The number of benzene rings is 1. The third kappa shape index (κ3) is 3.55. The molecule has 30 heavy (non-hydrogen) atoms. The van der Waals surface area contributed by atoms with Gasteiger partial charge in [0.05, 0.1) is 29.6 Å². The number of para-hydroxylation sites is 1. The number of rotatable bonds is 5. The molecule has 0 unspecified atom stereocenters. The summed E-state index contributed by atoms with van der Waals surface area (Å²) in [6.45, 7) is 0. The van der Waals surface area contributed by atoms with Gasteiger partial charge in [0.15, 0.2) is 9.84 Å². The number of carbonyl (C=O) groups excluding carboxylic acids is 2. The van der Waals surface area contributed by atoms with E-state index in [0.717, 1.165) is 5.41 Å². The Morgan fingerprint density at radius 1 is 1.30 bits per heavy atom. The van der Waals surface area contributed by atoms with Crippen LogP contribution in [0, 0.1) is 0 Å². The lowest BCUT2D eigenvalue weighted by Gasteiger charge is -2.19. The van der Waals surface area contributed by atoms with Crippen LogP contribution in [0.5, 0.6) is 5.88 Å². The third-order valence-electron chi connectivity index (χ3n) is 4.79. The van der Waals surface area contributed by atoms with E-state index in [1.807, 2.05) is 0 Å². The van der Waals surface area contributed by atoms with E-state index in [0.29, 0.717) is 27.7 Å². The van der Waals surface area contributed by atoms with Gasteiger partial charge in [-0.2, -0.15) is 11.3 Å². The summed E-state index contributed by atoms with van der Waals surface area (Å²) in [6.07, 6.45) is 1.52. The first-order valence-electron chi connectivity index (χ1n) is 8.85. The van der Waals surface area contributed by atoms with Crippen LogP contribution < -0.4 is 15.8 Å². The quantitative estimate of drug-likeness (QED) is 0.624. The van der Waals surface area contributed by atoms with Crippen LogP contribution in [0.25, 0.3) is 10.9 Å². The summed E-state index contributed by atoms with van der Waals surface area (Å²) < 4.78 is 29.4. The molecule has 0 spiro atoms. The van der Waals surface area contributed by atoms with Crippen LogP contribution in [0.3, 0.4) is 0 Å². The van der Waals surface area contributed by atoms with Crippen LogP contribution in [0.1, 0.15) is 32.2 Å². The van der Waals surface area contributed by atoms with Gasteiger partial charge in [-0.3, -0.25) is 9.59 Å². The van der Waals surface area contributed by atoms with E-state index < -0.39 is 21.7 Å².